The van der Waals surface area contributed by atoms with Crippen LogP contribution in [-0.4, -0.2) is 39.3 Å². The second-order valence-electron chi connectivity index (χ2n) is 5.13. The Bertz CT molecular complexity index is 500. The molecule has 19 heavy (non-hydrogen) atoms. The lowest BCUT2D eigenvalue weighted by molar-refractivity contribution is 0.218. The van der Waals surface area contributed by atoms with Gasteiger partial charge in [-0.15, -0.1) is 0 Å². The monoisotopic (exact) mass is 256 g/mol. The van der Waals surface area contributed by atoms with Crippen LogP contribution in [0, 0.1) is 0 Å². The SMILES string of the molecule is c1cc(-c2cnn(CCN3CCCCC3)c2)ccn1. The first-order chi connectivity index (χ1) is 9.42. The zero-order chi connectivity index (χ0) is 12.9. The highest BCUT2D eigenvalue weighted by Gasteiger charge is 2.10. The summed E-state index contributed by atoms with van der Waals surface area (Å²) in [6, 6.07) is 4.04. The Morgan fingerprint density at radius 3 is 2.53 bits per heavy atom. The molecule has 0 unspecified atom stereocenters. The molecule has 0 amide bonds. The van der Waals surface area contributed by atoms with Gasteiger partial charge in [0.05, 0.1) is 12.7 Å². The topological polar surface area (TPSA) is 34.0 Å². The second-order valence-corrected chi connectivity index (χ2v) is 5.13. The van der Waals surface area contributed by atoms with Gasteiger partial charge >= 0.3 is 0 Å². The maximum absolute atomic E-state index is 4.45. The summed E-state index contributed by atoms with van der Waals surface area (Å²) in [5, 5.41) is 4.45. The smallest absolute Gasteiger partial charge is 0.0568 e. The van der Waals surface area contributed by atoms with Crippen LogP contribution in [0.4, 0.5) is 0 Å². The van der Waals surface area contributed by atoms with Crippen LogP contribution in [0.25, 0.3) is 11.1 Å². The molecule has 4 heteroatoms. The highest BCUT2D eigenvalue weighted by Crippen LogP contribution is 2.17. The standard InChI is InChI=1S/C15H20N4/c1-2-8-18(9-3-1)10-11-19-13-15(12-17-19)14-4-6-16-7-5-14/h4-7,12-13H,1-3,8-11H2. The van der Waals surface area contributed by atoms with Crippen LogP contribution in [-0.2, 0) is 6.54 Å². The van der Waals surface area contributed by atoms with Gasteiger partial charge in [0.2, 0.25) is 0 Å². The lowest BCUT2D eigenvalue weighted by Crippen LogP contribution is -2.32. The van der Waals surface area contributed by atoms with Crippen molar-refractivity contribution in [3.05, 3.63) is 36.9 Å². The van der Waals surface area contributed by atoms with Crippen LogP contribution in [0.2, 0.25) is 0 Å². The van der Waals surface area contributed by atoms with Crippen LogP contribution < -0.4 is 0 Å². The van der Waals surface area contributed by atoms with E-state index in [0.29, 0.717) is 0 Å². The lowest BCUT2D eigenvalue weighted by atomic mass is 10.1. The van der Waals surface area contributed by atoms with Crippen LogP contribution in [0.1, 0.15) is 19.3 Å². The number of nitrogens with zero attached hydrogens (tertiary/aromatic N) is 4. The van der Waals surface area contributed by atoms with Gasteiger partial charge in [-0.1, -0.05) is 6.42 Å². The largest absolute Gasteiger partial charge is 0.301 e. The number of hydrogen-bond acceptors (Lipinski definition) is 3. The number of likely N-dealkylation sites (tertiary alicyclic amines) is 1. The first-order valence-corrected chi connectivity index (χ1v) is 7.07. The maximum Gasteiger partial charge on any atom is 0.0568 e. The van der Waals surface area contributed by atoms with Crippen molar-refractivity contribution in [3.63, 3.8) is 0 Å². The van der Waals surface area contributed by atoms with Gasteiger partial charge in [0.15, 0.2) is 0 Å². The molecule has 1 aliphatic heterocycles. The fourth-order valence-electron chi connectivity index (χ4n) is 2.61. The summed E-state index contributed by atoms with van der Waals surface area (Å²) in [6.07, 6.45) is 11.8. The number of rotatable bonds is 4. The molecule has 3 heterocycles. The highest BCUT2D eigenvalue weighted by molar-refractivity contribution is 5.60. The minimum absolute atomic E-state index is 0.977. The Hall–Kier alpha value is -1.68. The van der Waals surface area contributed by atoms with Crippen molar-refractivity contribution >= 4 is 0 Å². The van der Waals surface area contributed by atoms with Crippen molar-refractivity contribution in [2.24, 2.45) is 0 Å². The van der Waals surface area contributed by atoms with Crippen molar-refractivity contribution in [2.75, 3.05) is 19.6 Å². The van der Waals surface area contributed by atoms with Gasteiger partial charge in [-0.3, -0.25) is 9.67 Å². The quantitative estimate of drug-likeness (QED) is 0.842. The van der Waals surface area contributed by atoms with Gasteiger partial charge in [0.1, 0.15) is 0 Å². The molecule has 2 aromatic heterocycles. The predicted molar refractivity (Wildman–Crippen MR) is 75.7 cm³/mol. The molecule has 1 fully saturated rings. The van der Waals surface area contributed by atoms with Crippen molar-refractivity contribution in [1.82, 2.24) is 19.7 Å². The van der Waals surface area contributed by atoms with E-state index in [0.717, 1.165) is 13.1 Å². The highest BCUT2D eigenvalue weighted by atomic mass is 15.3. The lowest BCUT2D eigenvalue weighted by Gasteiger charge is -2.26. The molecule has 1 aliphatic rings. The molecule has 0 bridgehead atoms. The van der Waals surface area contributed by atoms with Crippen molar-refractivity contribution in [3.8, 4) is 11.1 Å². The van der Waals surface area contributed by atoms with E-state index in [4.69, 9.17) is 0 Å². The molecular weight excluding hydrogens is 236 g/mol. The fraction of sp³-hybridized carbons (Fsp3) is 0.467. The molecule has 1 saturated heterocycles. The van der Waals surface area contributed by atoms with E-state index in [1.165, 1.54) is 43.5 Å². The molecule has 0 aliphatic carbocycles. The van der Waals surface area contributed by atoms with E-state index in [2.05, 4.69) is 21.2 Å². The summed E-state index contributed by atoms with van der Waals surface area (Å²) in [6.45, 7) is 4.58. The van der Waals surface area contributed by atoms with E-state index in [1.807, 2.05) is 35.4 Å². The summed E-state index contributed by atoms with van der Waals surface area (Å²) >= 11 is 0. The minimum Gasteiger partial charge on any atom is -0.301 e. The van der Waals surface area contributed by atoms with Crippen LogP contribution in [0.3, 0.4) is 0 Å². The van der Waals surface area contributed by atoms with E-state index in [1.54, 1.807) is 0 Å². The zero-order valence-corrected chi connectivity index (χ0v) is 11.2. The molecule has 4 nitrogen and oxygen atoms in total. The van der Waals surface area contributed by atoms with Crippen molar-refractivity contribution in [2.45, 2.75) is 25.8 Å². The molecule has 0 atom stereocenters. The molecular formula is C15H20N4. The Morgan fingerprint density at radius 2 is 1.74 bits per heavy atom. The normalized spacial score (nSPS) is 16.6. The first kappa shape index (κ1) is 12.4. The molecule has 0 spiro atoms. The Morgan fingerprint density at radius 1 is 0.947 bits per heavy atom. The van der Waals surface area contributed by atoms with Crippen LogP contribution in [0.5, 0.6) is 0 Å². The Balaban J connectivity index is 1.59. The average molecular weight is 256 g/mol. The molecule has 0 N–H and O–H groups in total. The number of aromatic nitrogens is 3. The van der Waals surface area contributed by atoms with Crippen LogP contribution in [0.15, 0.2) is 36.9 Å². The van der Waals surface area contributed by atoms with Crippen molar-refractivity contribution < 1.29 is 0 Å². The molecule has 2 aromatic rings. The van der Waals surface area contributed by atoms with Gasteiger partial charge in [0.25, 0.3) is 0 Å². The van der Waals surface area contributed by atoms with Gasteiger partial charge in [-0.05, 0) is 43.6 Å². The summed E-state index contributed by atoms with van der Waals surface area (Å²) in [5.41, 5.74) is 2.35. The molecule has 0 radical (unpaired) electrons. The number of hydrogen-bond donors (Lipinski definition) is 0. The molecule has 0 aromatic carbocycles. The summed E-state index contributed by atoms with van der Waals surface area (Å²) < 4.78 is 2.05. The third-order valence-electron chi connectivity index (χ3n) is 3.74. The number of piperidine rings is 1. The minimum atomic E-state index is 0.977. The van der Waals surface area contributed by atoms with E-state index in [9.17, 15) is 0 Å². The third kappa shape index (κ3) is 3.20. The Labute approximate surface area is 114 Å². The molecule has 100 valence electrons. The van der Waals surface area contributed by atoms with E-state index in [-0.39, 0.29) is 0 Å². The van der Waals surface area contributed by atoms with Crippen molar-refractivity contribution in [1.29, 1.82) is 0 Å². The maximum atomic E-state index is 4.45. The summed E-state index contributed by atoms with van der Waals surface area (Å²) in [4.78, 5) is 6.58. The zero-order valence-electron chi connectivity index (χ0n) is 11.2. The second kappa shape index (κ2) is 5.97. The molecule has 0 saturated carbocycles. The van der Waals surface area contributed by atoms with Crippen LogP contribution >= 0.6 is 0 Å². The first-order valence-electron chi connectivity index (χ1n) is 7.07. The average Bonchev–Trinajstić information content (AvgIpc) is 2.96. The summed E-state index contributed by atoms with van der Waals surface area (Å²) in [7, 11) is 0. The fourth-order valence-corrected chi connectivity index (χ4v) is 2.61. The van der Waals surface area contributed by atoms with E-state index < -0.39 is 0 Å². The molecule has 3 rings (SSSR count). The van der Waals surface area contributed by atoms with Gasteiger partial charge in [0, 0.05) is 30.7 Å². The van der Waals surface area contributed by atoms with Gasteiger partial charge < -0.3 is 4.90 Å². The van der Waals surface area contributed by atoms with Gasteiger partial charge in [-0.25, -0.2) is 0 Å². The van der Waals surface area contributed by atoms with Gasteiger partial charge in [-0.2, -0.15) is 5.10 Å². The predicted octanol–water partition coefficient (Wildman–Crippen LogP) is 2.43. The third-order valence-corrected chi connectivity index (χ3v) is 3.74. The summed E-state index contributed by atoms with van der Waals surface area (Å²) in [5.74, 6) is 0. The number of pyridine rings is 1. The Kier molecular flexibility index (Phi) is 3.89. The van der Waals surface area contributed by atoms with E-state index >= 15 is 0 Å².